The van der Waals surface area contributed by atoms with Crippen LogP contribution in [0.4, 0.5) is 4.39 Å². The number of methoxy groups -OCH3 is 1. The van der Waals surface area contributed by atoms with E-state index in [-0.39, 0.29) is 12.4 Å². The second-order valence-electron chi connectivity index (χ2n) is 4.76. The first-order chi connectivity index (χ1) is 7.35. The summed E-state index contributed by atoms with van der Waals surface area (Å²) >= 11 is 0. The fourth-order valence-corrected chi connectivity index (χ4v) is 1.79. The molecule has 3 heteroatoms. The third kappa shape index (κ3) is 2.05. The van der Waals surface area contributed by atoms with Gasteiger partial charge in [0.1, 0.15) is 11.6 Å². The summed E-state index contributed by atoms with van der Waals surface area (Å²) in [5.74, 6) is 0.288. The number of ether oxygens (including phenoxy) is 1. The van der Waals surface area contributed by atoms with Gasteiger partial charge in [-0.15, -0.1) is 0 Å². The zero-order chi connectivity index (χ0) is 12.5. The highest BCUT2D eigenvalue weighted by Crippen LogP contribution is 2.36. The zero-order valence-electron chi connectivity index (χ0n) is 10.5. The van der Waals surface area contributed by atoms with E-state index in [0.29, 0.717) is 16.9 Å². The van der Waals surface area contributed by atoms with Crippen molar-refractivity contribution < 1.29 is 14.2 Å². The van der Waals surface area contributed by atoms with Gasteiger partial charge < -0.3 is 9.84 Å². The standard InChI is InChI=1S/C13H19FO2/c1-8-6-10(13(3,4)7-15)12(16-5)9(2)11(8)14/h6,15H,7H2,1-5H3. The van der Waals surface area contributed by atoms with Crippen LogP contribution in [0, 0.1) is 19.7 Å². The van der Waals surface area contributed by atoms with Crippen LogP contribution >= 0.6 is 0 Å². The first kappa shape index (κ1) is 13.0. The summed E-state index contributed by atoms with van der Waals surface area (Å²) in [5.41, 5.74) is 1.48. The molecule has 0 aliphatic rings. The highest BCUT2D eigenvalue weighted by Gasteiger charge is 2.26. The lowest BCUT2D eigenvalue weighted by Crippen LogP contribution is -2.23. The molecule has 1 aromatic rings. The Morgan fingerprint density at radius 3 is 2.38 bits per heavy atom. The van der Waals surface area contributed by atoms with Crippen LogP contribution in [0.25, 0.3) is 0 Å². The summed E-state index contributed by atoms with van der Waals surface area (Å²) in [6.07, 6.45) is 0. The summed E-state index contributed by atoms with van der Waals surface area (Å²) in [5, 5.41) is 9.37. The second-order valence-corrected chi connectivity index (χ2v) is 4.76. The molecule has 90 valence electrons. The third-order valence-corrected chi connectivity index (χ3v) is 2.95. The van der Waals surface area contributed by atoms with E-state index in [4.69, 9.17) is 4.74 Å². The fourth-order valence-electron chi connectivity index (χ4n) is 1.79. The van der Waals surface area contributed by atoms with Crippen molar-refractivity contribution in [3.8, 4) is 5.75 Å². The van der Waals surface area contributed by atoms with Crippen LogP contribution in [0.5, 0.6) is 5.75 Å². The van der Waals surface area contributed by atoms with Crippen molar-refractivity contribution in [1.29, 1.82) is 0 Å². The molecule has 1 N–H and O–H groups in total. The molecule has 0 atom stereocenters. The quantitative estimate of drug-likeness (QED) is 0.858. The van der Waals surface area contributed by atoms with Gasteiger partial charge in [-0.2, -0.15) is 0 Å². The van der Waals surface area contributed by atoms with Crippen LogP contribution < -0.4 is 4.74 Å². The second kappa shape index (κ2) is 4.42. The van der Waals surface area contributed by atoms with Gasteiger partial charge in [0.05, 0.1) is 13.7 Å². The van der Waals surface area contributed by atoms with Gasteiger partial charge in [-0.1, -0.05) is 13.8 Å². The molecule has 1 aromatic carbocycles. The van der Waals surface area contributed by atoms with E-state index in [9.17, 15) is 9.50 Å². The van der Waals surface area contributed by atoms with Crippen LogP contribution in [0.15, 0.2) is 6.07 Å². The molecular formula is C13H19FO2. The molecule has 0 aliphatic carbocycles. The Kier molecular flexibility index (Phi) is 3.58. The van der Waals surface area contributed by atoms with Gasteiger partial charge in [-0.3, -0.25) is 0 Å². The fraction of sp³-hybridized carbons (Fsp3) is 0.538. The summed E-state index contributed by atoms with van der Waals surface area (Å²) in [6, 6.07) is 1.75. The van der Waals surface area contributed by atoms with Gasteiger partial charge in [0.25, 0.3) is 0 Å². The molecule has 0 radical (unpaired) electrons. The number of benzene rings is 1. The van der Waals surface area contributed by atoms with Crippen molar-refractivity contribution in [2.45, 2.75) is 33.1 Å². The molecule has 0 heterocycles. The summed E-state index contributed by atoms with van der Waals surface area (Å²) in [6.45, 7) is 7.22. The number of aryl methyl sites for hydroxylation is 1. The van der Waals surface area contributed by atoms with Crippen LogP contribution in [0.2, 0.25) is 0 Å². The van der Waals surface area contributed by atoms with Gasteiger partial charge >= 0.3 is 0 Å². The normalized spacial score (nSPS) is 11.7. The molecule has 16 heavy (non-hydrogen) atoms. The van der Waals surface area contributed by atoms with Crippen molar-refractivity contribution in [1.82, 2.24) is 0 Å². The Morgan fingerprint density at radius 2 is 1.94 bits per heavy atom. The number of aliphatic hydroxyl groups is 1. The molecule has 0 saturated carbocycles. The monoisotopic (exact) mass is 226 g/mol. The van der Waals surface area contributed by atoms with Crippen molar-refractivity contribution in [2.24, 2.45) is 0 Å². The van der Waals surface area contributed by atoms with Crippen LogP contribution in [-0.4, -0.2) is 18.8 Å². The molecule has 0 bridgehead atoms. The Morgan fingerprint density at radius 1 is 1.38 bits per heavy atom. The van der Waals surface area contributed by atoms with E-state index < -0.39 is 5.41 Å². The lowest BCUT2D eigenvalue weighted by Gasteiger charge is -2.26. The van der Waals surface area contributed by atoms with Gasteiger partial charge in [0.2, 0.25) is 0 Å². The maximum Gasteiger partial charge on any atom is 0.132 e. The molecule has 0 amide bonds. The molecule has 2 nitrogen and oxygen atoms in total. The maximum atomic E-state index is 13.7. The predicted molar refractivity (Wildman–Crippen MR) is 62.5 cm³/mol. The van der Waals surface area contributed by atoms with Crippen LogP contribution in [0.3, 0.4) is 0 Å². The molecule has 0 unspecified atom stereocenters. The molecule has 0 fully saturated rings. The van der Waals surface area contributed by atoms with E-state index in [1.54, 1.807) is 19.9 Å². The maximum absolute atomic E-state index is 13.7. The average molecular weight is 226 g/mol. The zero-order valence-corrected chi connectivity index (χ0v) is 10.5. The van der Waals surface area contributed by atoms with Crippen LogP contribution in [-0.2, 0) is 5.41 Å². The van der Waals surface area contributed by atoms with Crippen molar-refractivity contribution >= 4 is 0 Å². The Labute approximate surface area is 96.1 Å². The molecule has 0 aromatic heterocycles. The van der Waals surface area contributed by atoms with Crippen molar-refractivity contribution in [3.05, 3.63) is 28.6 Å². The highest BCUT2D eigenvalue weighted by atomic mass is 19.1. The van der Waals surface area contributed by atoms with Gasteiger partial charge in [0.15, 0.2) is 0 Å². The molecule has 0 spiro atoms. The van der Waals surface area contributed by atoms with Crippen molar-refractivity contribution in [3.63, 3.8) is 0 Å². The smallest absolute Gasteiger partial charge is 0.132 e. The van der Waals surface area contributed by atoms with E-state index in [1.165, 1.54) is 7.11 Å². The molecular weight excluding hydrogens is 207 g/mol. The highest BCUT2D eigenvalue weighted by molar-refractivity contribution is 5.48. The molecule has 1 rings (SSSR count). The first-order valence-electron chi connectivity index (χ1n) is 5.30. The SMILES string of the molecule is COc1c(C(C)(C)CO)cc(C)c(F)c1C. The van der Waals surface area contributed by atoms with Crippen molar-refractivity contribution in [2.75, 3.05) is 13.7 Å². The van der Waals surface area contributed by atoms with E-state index in [0.717, 1.165) is 5.56 Å². The van der Waals surface area contributed by atoms with Crippen LogP contribution in [0.1, 0.15) is 30.5 Å². The van der Waals surface area contributed by atoms with Gasteiger partial charge in [0, 0.05) is 16.5 Å². The number of rotatable bonds is 3. The summed E-state index contributed by atoms with van der Waals surface area (Å²) in [4.78, 5) is 0. The van der Waals surface area contributed by atoms with E-state index in [1.807, 2.05) is 13.8 Å². The summed E-state index contributed by atoms with van der Waals surface area (Å²) in [7, 11) is 1.52. The number of aliphatic hydroxyl groups excluding tert-OH is 1. The van der Waals surface area contributed by atoms with E-state index in [2.05, 4.69) is 0 Å². The number of hydrogen-bond acceptors (Lipinski definition) is 2. The summed E-state index contributed by atoms with van der Waals surface area (Å²) < 4.78 is 19.0. The molecule has 0 aliphatic heterocycles. The van der Waals surface area contributed by atoms with Gasteiger partial charge in [-0.05, 0) is 25.5 Å². The largest absolute Gasteiger partial charge is 0.496 e. The Hall–Kier alpha value is -1.09. The van der Waals surface area contributed by atoms with E-state index >= 15 is 0 Å². The minimum absolute atomic E-state index is 0.00608. The predicted octanol–water partition coefficient (Wildman–Crippen LogP) is 2.72. The third-order valence-electron chi connectivity index (χ3n) is 2.95. The Balaban J connectivity index is 3.51. The lowest BCUT2D eigenvalue weighted by atomic mass is 9.83. The average Bonchev–Trinajstić information content (AvgIpc) is 2.25. The minimum Gasteiger partial charge on any atom is -0.496 e. The number of halogens is 1. The first-order valence-corrected chi connectivity index (χ1v) is 5.30. The molecule has 0 saturated heterocycles. The topological polar surface area (TPSA) is 29.5 Å². The Bertz CT molecular complexity index is 397. The minimum atomic E-state index is -0.436. The lowest BCUT2D eigenvalue weighted by molar-refractivity contribution is 0.214. The number of hydrogen-bond donors (Lipinski definition) is 1. The van der Waals surface area contributed by atoms with Gasteiger partial charge in [-0.25, -0.2) is 4.39 Å².